The SMILES string of the molecule is Cc1c(C(N)C(=O)O)n(C)c2c(F)cccc12. The molecule has 0 bridgehead atoms. The zero-order valence-corrected chi connectivity index (χ0v) is 9.57. The number of nitrogens with two attached hydrogens (primary N) is 1. The number of rotatable bonds is 2. The Morgan fingerprint density at radius 2 is 2.18 bits per heavy atom. The van der Waals surface area contributed by atoms with Crippen LogP contribution >= 0.6 is 0 Å². The minimum absolute atomic E-state index is 0.378. The average molecular weight is 236 g/mol. The number of carbonyl (C=O) groups is 1. The van der Waals surface area contributed by atoms with Crippen LogP contribution in [0, 0.1) is 12.7 Å². The molecular formula is C12H13FN2O2. The molecule has 0 saturated carbocycles. The number of aromatic nitrogens is 1. The van der Waals surface area contributed by atoms with Crippen LogP contribution in [0.2, 0.25) is 0 Å². The van der Waals surface area contributed by atoms with Gasteiger partial charge in [-0.05, 0) is 18.6 Å². The molecule has 17 heavy (non-hydrogen) atoms. The summed E-state index contributed by atoms with van der Waals surface area (Å²) in [6.45, 7) is 1.75. The van der Waals surface area contributed by atoms with Gasteiger partial charge in [0.2, 0.25) is 0 Å². The van der Waals surface area contributed by atoms with Crippen molar-refractivity contribution < 1.29 is 14.3 Å². The second kappa shape index (κ2) is 3.85. The average Bonchev–Trinajstić information content (AvgIpc) is 2.52. The van der Waals surface area contributed by atoms with Gasteiger partial charge in [0.25, 0.3) is 0 Å². The molecule has 1 unspecified atom stereocenters. The van der Waals surface area contributed by atoms with Gasteiger partial charge in [-0.25, -0.2) is 4.39 Å². The number of carboxylic acids is 1. The van der Waals surface area contributed by atoms with Crippen LogP contribution in [-0.2, 0) is 11.8 Å². The molecule has 0 fully saturated rings. The molecule has 1 heterocycles. The highest BCUT2D eigenvalue weighted by Gasteiger charge is 2.23. The van der Waals surface area contributed by atoms with Gasteiger partial charge in [0.15, 0.2) is 0 Å². The van der Waals surface area contributed by atoms with Crippen LogP contribution in [0.1, 0.15) is 17.3 Å². The first-order valence-corrected chi connectivity index (χ1v) is 5.17. The number of aliphatic carboxylic acids is 1. The molecule has 0 amide bonds. The summed E-state index contributed by atoms with van der Waals surface area (Å²) in [5.74, 6) is -1.50. The predicted octanol–water partition coefficient (Wildman–Crippen LogP) is 1.71. The Kier molecular flexibility index (Phi) is 2.63. The van der Waals surface area contributed by atoms with Gasteiger partial charge in [0.1, 0.15) is 11.9 Å². The highest BCUT2D eigenvalue weighted by atomic mass is 19.1. The van der Waals surface area contributed by atoms with E-state index >= 15 is 0 Å². The molecule has 3 N–H and O–H groups in total. The first-order valence-electron chi connectivity index (χ1n) is 5.17. The van der Waals surface area contributed by atoms with Crippen molar-refractivity contribution in [2.24, 2.45) is 12.8 Å². The molecule has 1 aromatic heterocycles. The minimum atomic E-state index is -1.15. The summed E-state index contributed by atoms with van der Waals surface area (Å²) in [6, 6.07) is 3.55. The lowest BCUT2D eigenvalue weighted by atomic mass is 10.1. The van der Waals surface area contributed by atoms with Gasteiger partial charge in [0.05, 0.1) is 5.52 Å². The molecule has 4 nitrogen and oxygen atoms in total. The highest BCUT2D eigenvalue weighted by Crippen LogP contribution is 2.29. The Labute approximate surface area is 97.5 Å². The van der Waals surface area contributed by atoms with Crippen molar-refractivity contribution in [3.63, 3.8) is 0 Å². The number of hydrogen-bond donors (Lipinski definition) is 2. The Morgan fingerprint density at radius 3 is 2.71 bits per heavy atom. The van der Waals surface area contributed by atoms with Gasteiger partial charge in [0, 0.05) is 18.1 Å². The highest BCUT2D eigenvalue weighted by molar-refractivity contribution is 5.88. The van der Waals surface area contributed by atoms with E-state index in [1.807, 2.05) is 0 Å². The van der Waals surface area contributed by atoms with Crippen LogP contribution in [0.5, 0.6) is 0 Å². The van der Waals surface area contributed by atoms with E-state index in [0.717, 1.165) is 0 Å². The lowest BCUT2D eigenvalue weighted by Gasteiger charge is -2.10. The van der Waals surface area contributed by atoms with Crippen molar-refractivity contribution >= 4 is 16.9 Å². The Hall–Kier alpha value is -1.88. The van der Waals surface area contributed by atoms with Gasteiger partial charge < -0.3 is 15.4 Å². The predicted molar refractivity (Wildman–Crippen MR) is 62.2 cm³/mol. The monoisotopic (exact) mass is 236 g/mol. The van der Waals surface area contributed by atoms with E-state index < -0.39 is 12.0 Å². The van der Waals surface area contributed by atoms with Gasteiger partial charge in [-0.3, -0.25) is 4.79 Å². The smallest absolute Gasteiger partial charge is 0.326 e. The van der Waals surface area contributed by atoms with Crippen LogP contribution in [0.25, 0.3) is 10.9 Å². The fraction of sp³-hybridized carbons (Fsp3) is 0.250. The molecular weight excluding hydrogens is 223 g/mol. The zero-order chi connectivity index (χ0) is 12.7. The molecule has 1 aromatic carbocycles. The third kappa shape index (κ3) is 1.59. The summed E-state index contributed by atoms with van der Waals surface area (Å²) in [7, 11) is 1.62. The van der Waals surface area contributed by atoms with E-state index in [0.29, 0.717) is 22.2 Å². The normalized spacial score (nSPS) is 12.9. The maximum Gasteiger partial charge on any atom is 0.326 e. The molecule has 2 rings (SSSR count). The molecule has 0 aliphatic rings. The third-order valence-corrected chi connectivity index (χ3v) is 3.03. The van der Waals surface area contributed by atoms with Crippen molar-refractivity contribution in [2.75, 3.05) is 0 Å². The standard InChI is InChI=1S/C12H13FN2O2/c1-6-7-4-3-5-8(13)11(7)15(2)10(6)9(14)12(16)17/h3-5,9H,14H2,1-2H3,(H,16,17). The molecule has 5 heteroatoms. The third-order valence-electron chi connectivity index (χ3n) is 3.03. The molecule has 2 aromatic rings. The van der Waals surface area contributed by atoms with Crippen LogP contribution in [0.15, 0.2) is 18.2 Å². The van der Waals surface area contributed by atoms with Crippen molar-refractivity contribution in [1.29, 1.82) is 0 Å². The number of halogens is 1. The van der Waals surface area contributed by atoms with Crippen molar-refractivity contribution in [3.05, 3.63) is 35.3 Å². The number of para-hydroxylation sites is 1. The molecule has 0 aliphatic heterocycles. The first kappa shape index (κ1) is 11.6. The summed E-state index contributed by atoms with van der Waals surface area (Å²) < 4.78 is 15.2. The summed E-state index contributed by atoms with van der Waals surface area (Å²) in [5, 5.41) is 9.64. The summed E-state index contributed by atoms with van der Waals surface area (Å²) >= 11 is 0. The van der Waals surface area contributed by atoms with Gasteiger partial charge in [-0.1, -0.05) is 12.1 Å². The maximum atomic E-state index is 13.7. The van der Waals surface area contributed by atoms with Crippen LogP contribution in [0.4, 0.5) is 4.39 Å². The largest absolute Gasteiger partial charge is 0.480 e. The van der Waals surface area contributed by atoms with E-state index in [1.165, 1.54) is 10.6 Å². The number of fused-ring (bicyclic) bond motifs is 1. The minimum Gasteiger partial charge on any atom is -0.480 e. The van der Waals surface area contributed by atoms with E-state index in [9.17, 15) is 9.18 Å². The van der Waals surface area contributed by atoms with Crippen molar-refractivity contribution in [2.45, 2.75) is 13.0 Å². The van der Waals surface area contributed by atoms with Gasteiger partial charge in [-0.15, -0.1) is 0 Å². The lowest BCUT2D eigenvalue weighted by molar-refractivity contribution is -0.138. The zero-order valence-electron chi connectivity index (χ0n) is 9.57. The number of carboxylic acid groups (broad SMARTS) is 1. The van der Waals surface area contributed by atoms with Gasteiger partial charge in [-0.2, -0.15) is 0 Å². The first-order chi connectivity index (χ1) is 7.95. The van der Waals surface area contributed by atoms with Crippen molar-refractivity contribution in [1.82, 2.24) is 4.57 Å². The fourth-order valence-electron chi connectivity index (χ4n) is 2.23. The molecule has 0 spiro atoms. The quantitative estimate of drug-likeness (QED) is 0.834. The molecule has 1 atom stereocenters. The number of benzene rings is 1. The Morgan fingerprint density at radius 1 is 1.53 bits per heavy atom. The molecule has 0 radical (unpaired) electrons. The summed E-state index contributed by atoms with van der Waals surface area (Å²) in [5.41, 5.74) is 7.13. The number of hydrogen-bond acceptors (Lipinski definition) is 2. The van der Waals surface area contributed by atoms with Crippen LogP contribution in [-0.4, -0.2) is 15.6 Å². The van der Waals surface area contributed by atoms with Gasteiger partial charge >= 0.3 is 5.97 Å². The summed E-state index contributed by atoms with van der Waals surface area (Å²) in [4.78, 5) is 10.9. The van der Waals surface area contributed by atoms with Crippen LogP contribution < -0.4 is 5.73 Å². The topological polar surface area (TPSA) is 68.2 Å². The molecule has 90 valence electrons. The van der Waals surface area contributed by atoms with E-state index in [1.54, 1.807) is 26.1 Å². The van der Waals surface area contributed by atoms with E-state index in [-0.39, 0.29) is 5.82 Å². The Balaban J connectivity index is 2.82. The Bertz CT molecular complexity index is 604. The molecule has 0 aliphatic carbocycles. The second-order valence-electron chi connectivity index (χ2n) is 4.02. The number of nitrogens with zero attached hydrogens (tertiary/aromatic N) is 1. The second-order valence-corrected chi connectivity index (χ2v) is 4.02. The lowest BCUT2D eigenvalue weighted by Crippen LogP contribution is -2.23. The van der Waals surface area contributed by atoms with E-state index in [2.05, 4.69) is 0 Å². The maximum absolute atomic E-state index is 13.7. The van der Waals surface area contributed by atoms with Crippen LogP contribution in [0.3, 0.4) is 0 Å². The summed E-state index contributed by atoms with van der Waals surface area (Å²) in [6.07, 6.45) is 0. The fourth-order valence-corrected chi connectivity index (χ4v) is 2.23. The van der Waals surface area contributed by atoms with Crippen molar-refractivity contribution in [3.8, 4) is 0 Å². The molecule has 0 saturated heterocycles. The van der Waals surface area contributed by atoms with E-state index in [4.69, 9.17) is 10.8 Å². The number of aryl methyl sites for hydroxylation is 2.